The molecule has 1 aromatic rings. The highest BCUT2D eigenvalue weighted by Crippen LogP contribution is 2.20. The third kappa shape index (κ3) is 3.66. The SMILES string of the molecule is O=C(O)c1cccc(C(=O)N[C@@H]2O[C@H](CO)[C@@H](O)[C@H](O)[C@H]2O)c1. The number of benzene rings is 1. The molecule has 1 amide bonds. The van der Waals surface area contributed by atoms with E-state index in [1.165, 1.54) is 18.2 Å². The van der Waals surface area contributed by atoms with Crippen LogP contribution in [0.25, 0.3) is 0 Å². The van der Waals surface area contributed by atoms with Crippen molar-refractivity contribution in [3.05, 3.63) is 35.4 Å². The van der Waals surface area contributed by atoms with Gasteiger partial charge in [0.15, 0.2) is 6.23 Å². The summed E-state index contributed by atoms with van der Waals surface area (Å²) in [5.41, 5.74) is -0.0756. The lowest BCUT2D eigenvalue weighted by atomic mass is 9.98. The van der Waals surface area contributed by atoms with Gasteiger partial charge < -0.3 is 35.6 Å². The molecule has 0 saturated carbocycles. The van der Waals surface area contributed by atoms with Crippen LogP contribution in [0.2, 0.25) is 0 Å². The summed E-state index contributed by atoms with van der Waals surface area (Å²) in [4.78, 5) is 23.0. The lowest BCUT2D eigenvalue weighted by Gasteiger charge is -2.40. The summed E-state index contributed by atoms with van der Waals surface area (Å²) in [6, 6.07) is 5.20. The van der Waals surface area contributed by atoms with Gasteiger partial charge in [0.1, 0.15) is 24.4 Å². The molecule has 1 aliphatic rings. The Morgan fingerprint density at radius 2 is 1.74 bits per heavy atom. The van der Waals surface area contributed by atoms with Gasteiger partial charge in [-0.1, -0.05) is 6.07 Å². The average Bonchev–Trinajstić information content (AvgIpc) is 2.55. The molecule has 126 valence electrons. The maximum Gasteiger partial charge on any atom is 0.335 e. The average molecular weight is 327 g/mol. The fraction of sp³-hybridized carbons (Fsp3) is 0.429. The number of hydrogen-bond acceptors (Lipinski definition) is 7. The van der Waals surface area contributed by atoms with Crippen LogP contribution in [-0.4, -0.2) is 74.7 Å². The van der Waals surface area contributed by atoms with Crippen molar-refractivity contribution in [1.29, 1.82) is 0 Å². The van der Waals surface area contributed by atoms with E-state index in [9.17, 15) is 24.9 Å². The number of aliphatic hydroxyl groups excluding tert-OH is 4. The van der Waals surface area contributed by atoms with Crippen molar-refractivity contribution < 1.29 is 39.9 Å². The summed E-state index contributed by atoms with van der Waals surface area (Å²) in [6.07, 6.45) is -7.27. The Balaban J connectivity index is 2.13. The maximum absolute atomic E-state index is 12.1. The summed E-state index contributed by atoms with van der Waals surface area (Å²) in [7, 11) is 0. The number of carbonyl (C=O) groups excluding carboxylic acids is 1. The van der Waals surface area contributed by atoms with Gasteiger partial charge in [-0.2, -0.15) is 0 Å². The highest BCUT2D eigenvalue weighted by atomic mass is 16.6. The van der Waals surface area contributed by atoms with Crippen molar-refractivity contribution in [3.63, 3.8) is 0 Å². The Morgan fingerprint density at radius 1 is 1.09 bits per heavy atom. The molecular formula is C14H17NO8. The minimum absolute atomic E-state index is 0.0156. The Hall–Kier alpha value is -2.04. The molecule has 2 rings (SSSR count). The molecule has 9 heteroatoms. The zero-order valence-corrected chi connectivity index (χ0v) is 11.9. The van der Waals surface area contributed by atoms with Crippen LogP contribution in [0.5, 0.6) is 0 Å². The molecule has 6 N–H and O–H groups in total. The molecule has 0 radical (unpaired) electrons. The van der Waals surface area contributed by atoms with Gasteiger partial charge in [-0.05, 0) is 18.2 Å². The topological polar surface area (TPSA) is 157 Å². The second-order valence-corrected chi connectivity index (χ2v) is 5.11. The Kier molecular flexibility index (Phi) is 5.29. The summed E-state index contributed by atoms with van der Waals surface area (Å²) in [5, 5.41) is 49.4. The van der Waals surface area contributed by atoms with Crippen LogP contribution < -0.4 is 5.32 Å². The Morgan fingerprint density at radius 3 is 2.35 bits per heavy atom. The first-order valence-electron chi connectivity index (χ1n) is 6.80. The van der Waals surface area contributed by atoms with Crippen molar-refractivity contribution in [2.75, 3.05) is 6.61 Å². The first kappa shape index (κ1) is 17.3. The minimum atomic E-state index is -1.61. The van der Waals surface area contributed by atoms with E-state index in [0.29, 0.717) is 0 Å². The molecule has 1 aliphatic heterocycles. The lowest BCUT2D eigenvalue weighted by Crippen LogP contribution is -2.63. The number of carbonyl (C=O) groups is 2. The molecule has 0 unspecified atom stereocenters. The number of carboxylic acids is 1. The van der Waals surface area contributed by atoms with E-state index >= 15 is 0 Å². The first-order chi connectivity index (χ1) is 10.8. The van der Waals surface area contributed by atoms with Crippen molar-refractivity contribution >= 4 is 11.9 Å². The second kappa shape index (κ2) is 7.02. The summed E-state index contributed by atoms with van der Waals surface area (Å²) in [5.74, 6) is -1.94. The van der Waals surface area contributed by atoms with E-state index in [0.717, 1.165) is 6.07 Å². The number of amides is 1. The van der Waals surface area contributed by atoms with Crippen LogP contribution in [-0.2, 0) is 4.74 Å². The van der Waals surface area contributed by atoms with Gasteiger partial charge in [0.25, 0.3) is 5.91 Å². The molecule has 1 saturated heterocycles. The molecule has 1 aromatic carbocycles. The monoisotopic (exact) mass is 327 g/mol. The van der Waals surface area contributed by atoms with E-state index in [1.807, 2.05) is 0 Å². The number of hydrogen-bond donors (Lipinski definition) is 6. The predicted molar refractivity (Wildman–Crippen MR) is 74.6 cm³/mol. The second-order valence-electron chi connectivity index (χ2n) is 5.11. The van der Waals surface area contributed by atoms with E-state index in [4.69, 9.17) is 14.9 Å². The number of aliphatic hydroxyl groups is 4. The highest BCUT2D eigenvalue weighted by Gasteiger charge is 2.44. The molecule has 0 aromatic heterocycles. The number of aromatic carboxylic acids is 1. The molecular weight excluding hydrogens is 310 g/mol. The largest absolute Gasteiger partial charge is 0.478 e. The number of rotatable bonds is 4. The first-order valence-corrected chi connectivity index (χ1v) is 6.80. The maximum atomic E-state index is 12.1. The molecule has 9 nitrogen and oxygen atoms in total. The van der Waals surface area contributed by atoms with Crippen molar-refractivity contribution in [1.82, 2.24) is 5.32 Å². The van der Waals surface area contributed by atoms with Crippen LogP contribution in [0.1, 0.15) is 20.7 Å². The lowest BCUT2D eigenvalue weighted by molar-refractivity contribution is -0.233. The van der Waals surface area contributed by atoms with Crippen LogP contribution in [0.3, 0.4) is 0 Å². The van der Waals surface area contributed by atoms with E-state index in [1.54, 1.807) is 0 Å². The number of ether oxygens (including phenoxy) is 1. The fourth-order valence-corrected chi connectivity index (χ4v) is 2.23. The van der Waals surface area contributed by atoms with Crippen LogP contribution in [0, 0.1) is 0 Å². The zero-order chi connectivity index (χ0) is 17.1. The van der Waals surface area contributed by atoms with Crippen molar-refractivity contribution in [2.45, 2.75) is 30.6 Å². The zero-order valence-electron chi connectivity index (χ0n) is 11.9. The van der Waals surface area contributed by atoms with Gasteiger partial charge in [0.05, 0.1) is 12.2 Å². The minimum Gasteiger partial charge on any atom is -0.478 e. The standard InChI is InChI=1S/C14H17NO8/c16-5-8-9(17)10(18)11(19)13(23-8)15-12(20)6-2-1-3-7(4-6)14(21)22/h1-4,8-11,13,16-19H,5H2,(H,15,20)(H,21,22)/t8-,9-,10+,11-,13-/m1/s1. The fourth-order valence-electron chi connectivity index (χ4n) is 2.23. The van der Waals surface area contributed by atoms with Gasteiger partial charge in [-0.3, -0.25) is 4.79 Å². The summed E-state index contributed by atoms with van der Waals surface area (Å²) < 4.78 is 5.14. The van der Waals surface area contributed by atoms with Crippen molar-refractivity contribution in [3.8, 4) is 0 Å². The summed E-state index contributed by atoms with van der Waals surface area (Å²) >= 11 is 0. The smallest absolute Gasteiger partial charge is 0.335 e. The predicted octanol–water partition coefficient (Wildman–Crippen LogP) is -2.09. The van der Waals surface area contributed by atoms with E-state index < -0.39 is 49.1 Å². The molecule has 23 heavy (non-hydrogen) atoms. The molecule has 1 heterocycles. The molecule has 0 spiro atoms. The quantitative estimate of drug-likeness (QED) is 0.368. The van der Waals surface area contributed by atoms with E-state index in [2.05, 4.69) is 5.32 Å². The Labute approximate surface area is 130 Å². The van der Waals surface area contributed by atoms with Crippen LogP contribution in [0.4, 0.5) is 0 Å². The number of nitrogens with one attached hydrogen (secondary N) is 1. The van der Waals surface area contributed by atoms with E-state index in [-0.39, 0.29) is 11.1 Å². The third-order valence-electron chi connectivity index (χ3n) is 3.54. The summed E-state index contributed by atoms with van der Waals surface area (Å²) in [6.45, 7) is -0.619. The van der Waals surface area contributed by atoms with Gasteiger partial charge >= 0.3 is 5.97 Å². The van der Waals surface area contributed by atoms with Gasteiger partial charge in [-0.15, -0.1) is 0 Å². The third-order valence-corrected chi connectivity index (χ3v) is 3.54. The van der Waals surface area contributed by atoms with Gasteiger partial charge in [0, 0.05) is 5.56 Å². The van der Waals surface area contributed by atoms with Crippen molar-refractivity contribution in [2.24, 2.45) is 0 Å². The Bertz CT molecular complexity index is 590. The molecule has 0 aliphatic carbocycles. The van der Waals surface area contributed by atoms with Gasteiger partial charge in [-0.25, -0.2) is 4.79 Å². The van der Waals surface area contributed by atoms with Crippen LogP contribution >= 0.6 is 0 Å². The van der Waals surface area contributed by atoms with Crippen LogP contribution in [0.15, 0.2) is 24.3 Å². The molecule has 0 bridgehead atoms. The number of carboxylic acid groups (broad SMARTS) is 1. The van der Waals surface area contributed by atoms with Gasteiger partial charge in [0.2, 0.25) is 0 Å². The molecule has 5 atom stereocenters. The molecule has 1 fully saturated rings. The highest BCUT2D eigenvalue weighted by molar-refractivity contribution is 5.97. The normalized spacial score (nSPS) is 30.7.